The Bertz CT molecular complexity index is 502. The van der Waals surface area contributed by atoms with Crippen LogP contribution in [-0.4, -0.2) is 42.4 Å². The monoisotopic (exact) mass is 314 g/mol. The number of aliphatic hydroxyl groups is 2. The Morgan fingerprint density at radius 2 is 2.00 bits per heavy atom. The van der Waals surface area contributed by atoms with Gasteiger partial charge in [-0.1, -0.05) is 29.9 Å². The second-order valence-corrected chi connectivity index (χ2v) is 7.35. The van der Waals surface area contributed by atoms with Gasteiger partial charge in [0, 0.05) is 0 Å². The Morgan fingerprint density at radius 1 is 1.44 bits per heavy atom. The molecule has 0 saturated carbocycles. The summed E-state index contributed by atoms with van der Waals surface area (Å²) in [6.07, 6.45) is 0.255. The van der Waals surface area contributed by atoms with E-state index in [1.165, 1.54) is 6.92 Å². The second-order valence-electron chi connectivity index (χ2n) is 3.90. The molecular formula is C9H15ClN2O4S2. The van der Waals surface area contributed by atoms with E-state index in [2.05, 4.69) is 9.71 Å². The summed E-state index contributed by atoms with van der Waals surface area (Å²) in [5.41, 5.74) is -0.986. The maximum Gasteiger partial charge on any atom is 0.252 e. The van der Waals surface area contributed by atoms with Gasteiger partial charge < -0.3 is 10.2 Å². The minimum atomic E-state index is -3.86. The minimum absolute atomic E-state index is 0.00720. The number of hydrogen-bond donors (Lipinski definition) is 3. The molecule has 0 aliphatic carbocycles. The molecule has 6 nitrogen and oxygen atoms in total. The number of aliphatic hydroxyl groups excluding tert-OH is 2. The molecule has 0 spiro atoms. The van der Waals surface area contributed by atoms with Crippen LogP contribution >= 0.6 is 22.9 Å². The van der Waals surface area contributed by atoms with Gasteiger partial charge in [0.1, 0.15) is 0 Å². The summed E-state index contributed by atoms with van der Waals surface area (Å²) in [4.78, 5) is 3.82. The summed E-state index contributed by atoms with van der Waals surface area (Å²) in [5, 5.41) is 18.5. The highest BCUT2D eigenvalue weighted by Gasteiger charge is 2.34. The van der Waals surface area contributed by atoms with Gasteiger partial charge in [-0.2, -0.15) is 4.72 Å². The summed E-state index contributed by atoms with van der Waals surface area (Å²) in [5.74, 6) is 0. The number of aromatic nitrogens is 1. The van der Waals surface area contributed by atoms with Gasteiger partial charge >= 0.3 is 0 Å². The van der Waals surface area contributed by atoms with E-state index in [0.29, 0.717) is 5.69 Å². The van der Waals surface area contributed by atoms with E-state index in [1.807, 2.05) is 0 Å². The molecule has 0 aromatic carbocycles. The number of sulfonamides is 1. The molecule has 0 amide bonds. The molecular weight excluding hydrogens is 300 g/mol. The minimum Gasteiger partial charge on any atom is -0.394 e. The molecule has 1 aromatic rings. The predicted molar refractivity (Wildman–Crippen MR) is 69.4 cm³/mol. The number of halogens is 1. The van der Waals surface area contributed by atoms with Crippen molar-refractivity contribution in [2.45, 2.75) is 30.0 Å². The van der Waals surface area contributed by atoms with E-state index in [4.69, 9.17) is 11.6 Å². The van der Waals surface area contributed by atoms with Gasteiger partial charge in [-0.05, 0) is 13.3 Å². The van der Waals surface area contributed by atoms with Crippen LogP contribution in [0.3, 0.4) is 0 Å². The fourth-order valence-corrected chi connectivity index (χ4v) is 4.54. The third-order valence-corrected chi connectivity index (χ3v) is 6.06. The quantitative estimate of drug-likeness (QED) is 0.711. The summed E-state index contributed by atoms with van der Waals surface area (Å²) in [7, 11) is -3.86. The highest BCUT2D eigenvalue weighted by atomic mass is 35.5. The lowest BCUT2D eigenvalue weighted by atomic mass is 10.0. The van der Waals surface area contributed by atoms with E-state index in [1.54, 1.807) is 6.92 Å². The molecule has 0 atom stereocenters. The predicted octanol–water partition coefficient (Wildman–Crippen LogP) is 0.517. The molecule has 1 aromatic heterocycles. The molecule has 0 saturated heterocycles. The van der Waals surface area contributed by atoms with E-state index in [9.17, 15) is 18.6 Å². The first-order valence-electron chi connectivity index (χ1n) is 5.19. The van der Waals surface area contributed by atoms with Crippen LogP contribution in [0, 0.1) is 6.92 Å². The standard InChI is InChI=1S/C9H15ClN2O4S2/c1-3-9(4-13,5-14)12-18(15,16)7-6(2)11-8(10)17-7/h12-14H,3-5H2,1-2H3. The second kappa shape index (κ2) is 5.81. The van der Waals surface area contributed by atoms with Crippen molar-refractivity contribution in [3.05, 3.63) is 10.2 Å². The highest BCUT2D eigenvalue weighted by Crippen LogP contribution is 2.27. The summed E-state index contributed by atoms with van der Waals surface area (Å²) in [6.45, 7) is 2.21. The van der Waals surface area contributed by atoms with Crippen molar-refractivity contribution in [3.63, 3.8) is 0 Å². The van der Waals surface area contributed by atoms with E-state index < -0.39 is 28.8 Å². The van der Waals surface area contributed by atoms with Gasteiger partial charge in [-0.15, -0.1) is 0 Å². The number of nitrogens with one attached hydrogen (secondary N) is 1. The molecule has 0 bridgehead atoms. The van der Waals surface area contributed by atoms with Crippen molar-refractivity contribution >= 4 is 33.0 Å². The third-order valence-electron chi connectivity index (χ3n) is 2.60. The average Bonchev–Trinajstić information content (AvgIpc) is 2.66. The Kier molecular flexibility index (Phi) is 5.10. The summed E-state index contributed by atoms with van der Waals surface area (Å²) in [6, 6.07) is 0. The SMILES string of the molecule is CCC(CO)(CO)NS(=O)(=O)c1sc(Cl)nc1C. The molecule has 0 aliphatic rings. The lowest BCUT2D eigenvalue weighted by Crippen LogP contribution is -2.53. The van der Waals surface area contributed by atoms with Crippen LogP contribution in [0.2, 0.25) is 4.47 Å². The van der Waals surface area contributed by atoms with Crippen molar-refractivity contribution in [1.82, 2.24) is 9.71 Å². The molecule has 0 radical (unpaired) electrons. The zero-order chi connectivity index (χ0) is 14.0. The molecule has 3 N–H and O–H groups in total. The number of aryl methyl sites for hydroxylation is 1. The highest BCUT2D eigenvalue weighted by molar-refractivity contribution is 7.91. The Morgan fingerprint density at radius 3 is 2.33 bits per heavy atom. The Hall–Kier alpha value is -0.250. The third kappa shape index (κ3) is 3.19. The maximum absolute atomic E-state index is 12.1. The zero-order valence-corrected chi connectivity index (χ0v) is 12.4. The average molecular weight is 315 g/mol. The smallest absolute Gasteiger partial charge is 0.252 e. The van der Waals surface area contributed by atoms with E-state index in [0.717, 1.165) is 11.3 Å². The van der Waals surface area contributed by atoms with Crippen LogP contribution in [0.1, 0.15) is 19.0 Å². The largest absolute Gasteiger partial charge is 0.394 e. The van der Waals surface area contributed by atoms with Crippen LogP contribution in [0.4, 0.5) is 0 Å². The molecule has 104 valence electrons. The fourth-order valence-electron chi connectivity index (χ4n) is 1.34. The number of rotatable bonds is 6. The first-order chi connectivity index (χ1) is 8.30. The zero-order valence-electron chi connectivity index (χ0n) is 9.97. The molecule has 0 fully saturated rings. The van der Waals surface area contributed by atoms with Crippen molar-refractivity contribution in [1.29, 1.82) is 0 Å². The number of hydrogen-bond acceptors (Lipinski definition) is 6. The topological polar surface area (TPSA) is 99.5 Å². The van der Waals surface area contributed by atoms with Crippen molar-refractivity contribution in [2.24, 2.45) is 0 Å². The molecule has 0 aliphatic heterocycles. The van der Waals surface area contributed by atoms with Crippen LogP contribution in [0.15, 0.2) is 4.21 Å². The van der Waals surface area contributed by atoms with Gasteiger partial charge in [0.15, 0.2) is 8.68 Å². The van der Waals surface area contributed by atoms with Crippen molar-refractivity contribution < 1.29 is 18.6 Å². The van der Waals surface area contributed by atoms with Crippen LogP contribution in [0.25, 0.3) is 0 Å². The molecule has 9 heteroatoms. The number of nitrogens with zero attached hydrogens (tertiary/aromatic N) is 1. The maximum atomic E-state index is 12.1. The Balaban J connectivity index is 3.12. The summed E-state index contributed by atoms with van der Waals surface area (Å²) < 4.78 is 26.7. The van der Waals surface area contributed by atoms with Crippen LogP contribution in [-0.2, 0) is 10.0 Å². The lowest BCUT2D eigenvalue weighted by Gasteiger charge is -2.28. The summed E-state index contributed by atoms with van der Waals surface area (Å²) >= 11 is 6.50. The lowest BCUT2D eigenvalue weighted by molar-refractivity contribution is 0.105. The molecule has 0 unspecified atom stereocenters. The molecule has 1 heterocycles. The number of thiazole rings is 1. The van der Waals surface area contributed by atoms with Crippen LogP contribution in [0.5, 0.6) is 0 Å². The van der Waals surface area contributed by atoms with Gasteiger partial charge in [0.2, 0.25) is 0 Å². The van der Waals surface area contributed by atoms with Gasteiger partial charge in [-0.25, -0.2) is 13.4 Å². The first-order valence-corrected chi connectivity index (χ1v) is 7.86. The van der Waals surface area contributed by atoms with E-state index in [-0.39, 0.29) is 15.1 Å². The first kappa shape index (κ1) is 15.8. The normalized spacial score (nSPS) is 12.9. The fraction of sp³-hybridized carbons (Fsp3) is 0.667. The molecule has 18 heavy (non-hydrogen) atoms. The van der Waals surface area contributed by atoms with Gasteiger partial charge in [0.25, 0.3) is 10.0 Å². The molecule has 1 rings (SSSR count). The van der Waals surface area contributed by atoms with Crippen molar-refractivity contribution in [2.75, 3.05) is 13.2 Å². The van der Waals surface area contributed by atoms with E-state index >= 15 is 0 Å². The van der Waals surface area contributed by atoms with Gasteiger partial charge in [-0.3, -0.25) is 0 Å². The van der Waals surface area contributed by atoms with Crippen LogP contribution < -0.4 is 4.72 Å². The van der Waals surface area contributed by atoms with Crippen molar-refractivity contribution in [3.8, 4) is 0 Å². The van der Waals surface area contributed by atoms with Gasteiger partial charge in [0.05, 0.1) is 24.4 Å². The Labute approximate surface area is 115 Å².